The van der Waals surface area contributed by atoms with Crippen molar-refractivity contribution >= 4 is 43.1 Å². The van der Waals surface area contributed by atoms with E-state index in [1.54, 1.807) is 36.4 Å². The Kier molecular flexibility index (Phi) is 5.71. The summed E-state index contributed by atoms with van der Waals surface area (Å²) in [5.41, 5.74) is -2.26. The highest BCUT2D eigenvalue weighted by Gasteiger charge is 2.38. The number of Topliss-reactive ketones (excluding diaryl/α,β-unsaturated/α-hetero) is 2. The molecule has 2 aliphatic rings. The van der Waals surface area contributed by atoms with Crippen molar-refractivity contribution in [2.45, 2.75) is 75.4 Å². The molecule has 0 atom stereocenters. The van der Waals surface area contributed by atoms with Gasteiger partial charge in [-0.15, -0.1) is 11.3 Å². The van der Waals surface area contributed by atoms with Crippen molar-refractivity contribution < 1.29 is 19.8 Å². The number of rotatable bonds is 4. The summed E-state index contributed by atoms with van der Waals surface area (Å²) in [7, 11) is 0. The van der Waals surface area contributed by atoms with E-state index in [1.165, 1.54) is 11.3 Å². The Labute approximate surface area is 196 Å². The Morgan fingerprint density at radius 2 is 1.06 bits per heavy atom. The van der Waals surface area contributed by atoms with Crippen LogP contribution in [0.1, 0.15) is 84.9 Å². The molecule has 3 aromatic rings. The van der Waals surface area contributed by atoms with E-state index in [9.17, 15) is 24.6 Å². The molecule has 2 fully saturated rings. The normalized spacial score (nSPS) is 20.1. The van der Waals surface area contributed by atoms with E-state index in [2.05, 4.69) is 0 Å². The lowest BCUT2D eigenvalue weighted by Crippen LogP contribution is -2.40. The molecule has 172 valence electrons. The first-order valence-electron chi connectivity index (χ1n) is 11.9. The zero-order chi connectivity index (χ0) is 23.2. The number of carbonyl (C=O) groups is 2. The zero-order valence-corrected chi connectivity index (χ0v) is 19.4. The quantitative estimate of drug-likeness (QED) is 0.411. The largest absolute Gasteiger partial charge is 0.382 e. The Balaban J connectivity index is 1.57. The summed E-state index contributed by atoms with van der Waals surface area (Å²) < 4.78 is 1.51. The maximum Gasteiger partial charge on any atom is 0.195 e. The monoisotopic (exact) mass is 464 g/mol. The summed E-state index contributed by atoms with van der Waals surface area (Å²) in [4.78, 5) is 39.6. The van der Waals surface area contributed by atoms with Crippen molar-refractivity contribution in [1.29, 1.82) is 0 Å². The average molecular weight is 465 g/mol. The van der Waals surface area contributed by atoms with Crippen LogP contribution < -0.4 is 5.43 Å². The van der Waals surface area contributed by atoms with Gasteiger partial charge < -0.3 is 10.2 Å². The Hall–Kier alpha value is -2.41. The lowest BCUT2D eigenvalue weighted by atomic mass is 9.79. The molecule has 6 heteroatoms. The molecule has 5 rings (SSSR count). The van der Waals surface area contributed by atoms with E-state index in [0.29, 0.717) is 47.6 Å². The van der Waals surface area contributed by atoms with Crippen LogP contribution in [0.4, 0.5) is 0 Å². The molecule has 1 aromatic heterocycles. The third-order valence-corrected chi connectivity index (χ3v) is 8.55. The highest BCUT2D eigenvalue weighted by molar-refractivity contribution is 7.24. The molecular formula is C27H28O5S. The van der Waals surface area contributed by atoms with Crippen LogP contribution >= 0.6 is 11.3 Å². The SMILES string of the molecule is O=C(c1ccc2sc3ccc(C(=O)C4(O)CCCCC4)cc3c(=O)c2c1)C1(O)CCCCC1. The summed E-state index contributed by atoms with van der Waals surface area (Å²) in [6, 6.07) is 10.1. The second kappa shape index (κ2) is 8.42. The van der Waals surface area contributed by atoms with Crippen molar-refractivity contribution in [3.05, 3.63) is 57.7 Å². The Bertz CT molecular complexity index is 1210. The number of ketones is 2. The van der Waals surface area contributed by atoms with E-state index in [-0.39, 0.29) is 17.0 Å². The fraction of sp³-hybridized carbons (Fsp3) is 0.444. The number of hydrogen-bond acceptors (Lipinski definition) is 6. The number of benzene rings is 2. The smallest absolute Gasteiger partial charge is 0.195 e. The minimum absolute atomic E-state index is 0.241. The van der Waals surface area contributed by atoms with E-state index in [0.717, 1.165) is 47.9 Å². The molecule has 1 heterocycles. The van der Waals surface area contributed by atoms with Gasteiger partial charge in [0, 0.05) is 31.3 Å². The Morgan fingerprint density at radius 1 is 0.667 bits per heavy atom. The molecule has 2 N–H and O–H groups in total. The van der Waals surface area contributed by atoms with Crippen LogP contribution in [0, 0.1) is 0 Å². The van der Waals surface area contributed by atoms with Crippen LogP contribution in [-0.4, -0.2) is 33.0 Å². The molecule has 2 aliphatic carbocycles. The Morgan fingerprint density at radius 3 is 1.45 bits per heavy atom. The van der Waals surface area contributed by atoms with Gasteiger partial charge in [0.15, 0.2) is 17.0 Å². The van der Waals surface area contributed by atoms with Gasteiger partial charge in [-0.2, -0.15) is 0 Å². The van der Waals surface area contributed by atoms with Crippen LogP contribution in [0.5, 0.6) is 0 Å². The standard InChI is InChI=1S/C27H28O5S/c28-23-19-15-17(24(29)26(31)11-3-1-4-12-26)7-9-21(19)33-22-10-8-18(16-20(22)23)25(30)27(32)13-5-2-6-14-27/h7-10,15-16,31-32H,1-6,11-14H2. The van der Waals surface area contributed by atoms with Crippen LogP contribution in [-0.2, 0) is 0 Å². The molecular weight excluding hydrogens is 436 g/mol. The minimum Gasteiger partial charge on any atom is -0.382 e. The number of carbonyl (C=O) groups excluding carboxylic acids is 2. The van der Waals surface area contributed by atoms with Crippen molar-refractivity contribution in [1.82, 2.24) is 0 Å². The molecule has 0 bridgehead atoms. The molecule has 33 heavy (non-hydrogen) atoms. The summed E-state index contributed by atoms with van der Waals surface area (Å²) in [6.45, 7) is 0. The van der Waals surface area contributed by atoms with Crippen molar-refractivity contribution in [2.75, 3.05) is 0 Å². The zero-order valence-electron chi connectivity index (χ0n) is 18.6. The van der Waals surface area contributed by atoms with Crippen LogP contribution in [0.2, 0.25) is 0 Å². The predicted octanol–water partition coefficient (Wildman–Crippen LogP) is 5.17. The molecule has 0 radical (unpaired) electrons. The van der Waals surface area contributed by atoms with Gasteiger partial charge in [0.05, 0.1) is 0 Å². The van der Waals surface area contributed by atoms with Gasteiger partial charge in [-0.1, -0.05) is 38.5 Å². The average Bonchev–Trinajstić information content (AvgIpc) is 2.84. The molecule has 0 amide bonds. The van der Waals surface area contributed by atoms with E-state index in [4.69, 9.17) is 0 Å². The fourth-order valence-electron chi connectivity index (χ4n) is 5.40. The summed E-state index contributed by atoms with van der Waals surface area (Å²) in [6.07, 6.45) is 7.09. The van der Waals surface area contributed by atoms with Gasteiger partial charge in [0.25, 0.3) is 0 Å². The number of fused-ring (bicyclic) bond motifs is 2. The van der Waals surface area contributed by atoms with Gasteiger partial charge in [-0.05, 0) is 62.1 Å². The lowest BCUT2D eigenvalue weighted by Gasteiger charge is -2.30. The minimum atomic E-state index is -1.36. The number of aliphatic hydroxyl groups is 2. The van der Waals surface area contributed by atoms with Gasteiger partial charge in [-0.25, -0.2) is 0 Å². The fourth-order valence-corrected chi connectivity index (χ4v) is 6.44. The van der Waals surface area contributed by atoms with Crippen molar-refractivity contribution in [2.24, 2.45) is 0 Å². The second-order valence-corrected chi connectivity index (χ2v) is 10.8. The molecule has 0 saturated heterocycles. The molecule has 2 aromatic carbocycles. The van der Waals surface area contributed by atoms with E-state index < -0.39 is 11.2 Å². The maximum atomic E-state index is 13.4. The highest BCUT2D eigenvalue weighted by atomic mass is 32.1. The molecule has 2 saturated carbocycles. The topological polar surface area (TPSA) is 91.7 Å². The van der Waals surface area contributed by atoms with E-state index >= 15 is 0 Å². The second-order valence-electron chi connectivity index (χ2n) is 9.70. The summed E-state index contributed by atoms with van der Waals surface area (Å²) in [5.74, 6) is -0.644. The first kappa shape index (κ1) is 22.4. The van der Waals surface area contributed by atoms with Gasteiger partial charge in [0.2, 0.25) is 0 Å². The molecule has 0 spiro atoms. The van der Waals surface area contributed by atoms with Gasteiger partial charge >= 0.3 is 0 Å². The molecule has 0 aliphatic heterocycles. The first-order valence-corrected chi connectivity index (χ1v) is 12.7. The van der Waals surface area contributed by atoms with E-state index in [1.807, 2.05) is 0 Å². The van der Waals surface area contributed by atoms with Crippen LogP contribution in [0.15, 0.2) is 41.2 Å². The molecule has 5 nitrogen and oxygen atoms in total. The first-order chi connectivity index (χ1) is 15.8. The number of hydrogen-bond donors (Lipinski definition) is 2. The summed E-state index contributed by atoms with van der Waals surface area (Å²) >= 11 is 1.43. The maximum absolute atomic E-state index is 13.4. The summed E-state index contributed by atoms with van der Waals surface area (Å²) in [5, 5.41) is 22.6. The van der Waals surface area contributed by atoms with Gasteiger partial charge in [-0.3, -0.25) is 14.4 Å². The predicted molar refractivity (Wildman–Crippen MR) is 130 cm³/mol. The van der Waals surface area contributed by atoms with Crippen molar-refractivity contribution in [3.63, 3.8) is 0 Å². The van der Waals surface area contributed by atoms with Crippen molar-refractivity contribution in [3.8, 4) is 0 Å². The third kappa shape index (κ3) is 3.94. The highest BCUT2D eigenvalue weighted by Crippen LogP contribution is 2.34. The van der Waals surface area contributed by atoms with Crippen LogP contribution in [0.25, 0.3) is 20.2 Å². The van der Waals surface area contributed by atoms with Gasteiger partial charge in [0.1, 0.15) is 11.2 Å². The third-order valence-electron chi connectivity index (χ3n) is 7.40. The lowest BCUT2D eigenvalue weighted by molar-refractivity contribution is 0.0116. The molecule has 0 unspecified atom stereocenters. The van der Waals surface area contributed by atoms with Crippen LogP contribution in [0.3, 0.4) is 0 Å².